The molecular formula is C15H23ClN4OS. The zero-order chi connectivity index (χ0) is 17.1. The molecule has 1 rings (SSSR count). The third-order valence-electron chi connectivity index (χ3n) is 2.43. The zero-order valence-electron chi connectivity index (χ0n) is 13.6. The van der Waals surface area contributed by atoms with Crippen LogP contribution in [0.15, 0.2) is 23.2 Å². The molecule has 0 radical (unpaired) electrons. The van der Waals surface area contributed by atoms with Gasteiger partial charge in [0.2, 0.25) is 5.91 Å². The van der Waals surface area contributed by atoms with Crippen molar-refractivity contribution in [1.82, 2.24) is 10.2 Å². The Balaban J connectivity index is 0.000000433. The smallest absolute Gasteiger partial charge is 0.224 e. The Morgan fingerprint density at radius 1 is 1.45 bits per heavy atom. The van der Waals surface area contributed by atoms with E-state index in [-0.39, 0.29) is 5.91 Å². The average molecular weight is 343 g/mol. The van der Waals surface area contributed by atoms with Crippen molar-refractivity contribution in [2.75, 3.05) is 26.5 Å². The first kappa shape index (κ1) is 20.3. The molecule has 2 N–H and O–H groups in total. The van der Waals surface area contributed by atoms with E-state index in [0.717, 1.165) is 11.3 Å². The first-order valence-corrected chi connectivity index (χ1v) is 7.57. The number of hydrogen-bond acceptors (Lipinski definition) is 2. The Bertz CT molecular complexity index is 512. The maximum atomic E-state index is 11.1. The molecule has 0 unspecified atom stereocenters. The molecule has 0 aliphatic heterocycles. The van der Waals surface area contributed by atoms with Gasteiger partial charge in [-0.05, 0) is 30.8 Å². The van der Waals surface area contributed by atoms with Crippen LogP contribution in [0.2, 0.25) is 5.02 Å². The van der Waals surface area contributed by atoms with E-state index in [1.54, 1.807) is 19.5 Å². The predicted octanol–water partition coefficient (Wildman–Crippen LogP) is 3.08. The molecule has 0 fully saturated rings. The summed E-state index contributed by atoms with van der Waals surface area (Å²) in [4.78, 5) is 16.8. The number of aliphatic imine (C=N–C) groups is 1. The van der Waals surface area contributed by atoms with Crippen LogP contribution in [-0.2, 0) is 4.79 Å². The molecule has 5 nitrogen and oxygen atoms in total. The van der Waals surface area contributed by atoms with Gasteiger partial charge in [-0.2, -0.15) is 0 Å². The quantitative estimate of drug-likeness (QED) is 0.503. The summed E-state index contributed by atoms with van der Waals surface area (Å²) in [6.07, 6.45) is 2.11. The van der Waals surface area contributed by atoms with Crippen LogP contribution in [0.25, 0.3) is 0 Å². The van der Waals surface area contributed by atoms with E-state index in [4.69, 9.17) is 23.8 Å². The Kier molecular flexibility index (Phi) is 10.2. The van der Waals surface area contributed by atoms with Gasteiger partial charge in [0, 0.05) is 27.6 Å². The lowest BCUT2D eigenvalue weighted by Gasteiger charge is -2.08. The van der Waals surface area contributed by atoms with E-state index in [9.17, 15) is 4.79 Å². The van der Waals surface area contributed by atoms with Gasteiger partial charge in [0.15, 0.2) is 5.11 Å². The molecule has 0 aliphatic carbocycles. The highest BCUT2D eigenvalue weighted by Gasteiger charge is 2.05. The molecule has 0 saturated heterocycles. The summed E-state index contributed by atoms with van der Waals surface area (Å²) in [5.74, 6) is -0.0174. The van der Waals surface area contributed by atoms with Gasteiger partial charge in [0.05, 0.1) is 17.0 Å². The normalized spacial score (nSPS) is 9.73. The summed E-state index contributed by atoms with van der Waals surface area (Å²) in [7, 11) is 5.53. The highest BCUT2D eigenvalue weighted by molar-refractivity contribution is 7.80. The van der Waals surface area contributed by atoms with Crippen molar-refractivity contribution < 1.29 is 4.79 Å². The Hall–Kier alpha value is -1.66. The minimum atomic E-state index is -0.0174. The maximum Gasteiger partial charge on any atom is 0.224 e. The Morgan fingerprint density at radius 2 is 2.09 bits per heavy atom. The molecule has 1 amide bonds. The van der Waals surface area contributed by atoms with Crippen LogP contribution < -0.4 is 10.6 Å². The van der Waals surface area contributed by atoms with E-state index in [2.05, 4.69) is 15.6 Å². The van der Waals surface area contributed by atoms with Crippen molar-refractivity contribution in [3.05, 3.63) is 28.8 Å². The van der Waals surface area contributed by atoms with E-state index >= 15 is 0 Å². The third kappa shape index (κ3) is 8.59. The molecular weight excluding hydrogens is 320 g/mol. The molecule has 0 atom stereocenters. The molecule has 0 saturated carbocycles. The van der Waals surface area contributed by atoms with Gasteiger partial charge in [-0.25, -0.2) is 4.99 Å². The molecule has 7 heteroatoms. The van der Waals surface area contributed by atoms with Crippen LogP contribution in [0, 0.1) is 6.92 Å². The van der Waals surface area contributed by atoms with Crippen molar-refractivity contribution in [1.29, 1.82) is 0 Å². The second-order valence-corrected chi connectivity index (χ2v) is 5.39. The first-order chi connectivity index (χ1) is 10.3. The van der Waals surface area contributed by atoms with Gasteiger partial charge in [-0.3, -0.25) is 4.79 Å². The molecule has 1 aromatic rings. The number of hydrogen-bond donors (Lipinski definition) is 2. The van der Waals surface area contributed by atoms with Gasteiger partial charge in [-0.15, -0.1) is 0 Å². The van der Waals surface area contributed by atoms with Crippen molar-refractivity contribution in [3.8, 4) is 0 Å². The number of carbonyl (C=O) groups excluding carboxylic acids is 1. The molecule has 0 aliphatic rings. The maximum absolute atomic E-state index is 11.1. The SMILES string of the molecule is CCC(=O)Nc1c(C)cccc1Cl.CNC(=S)N=CN(C)C. The fraction of sp³-hybridized carbons (Fsp3) is 0.400. The summed E-state index contributed by atoms with van der Waals surface area (Å²) in [6.45, 7) is 3.72. The van der Waals surface area contributed by atoms with E-state index in [1.807, 2.05) is 45.0 Å². The number of carbonyl (C=O) groups is 1. The Labute approximate surface area is 142 Å². The summed E-state index contributed by atoms with van der Waals surface area (Å²) >= 11 is 10.7. The molecule has 0 bridgehead atoms. The number of amides is 1. The van der Waals surface area contributed by atoms with Crippen molar-refractivity contribution in [2.24, 2.45) is 4.99 Å². The number of benzene rings is 1. The lowest BCUT2D eigenvalue weighted by molar-refractivity contribution is -0.115. The fourth-order valence-corrected chi connectivity index (χ4v) is 1.57. The fourth-order valence-electron chi connectivity index (χ4n) is 1.25. The standard InChI is InChI=1S/C10H12ClNO.C5H11N3S/c1-3-9(13)12-10-7(2)5-4-6-8(10)11;1-6-5(9)7-4-8(2)3/h4-6H,3H2,1-2H3,(H,12,13);4H,1-3H3,(H,6,9). The number of aryl methyl sites for hydroxylation is 1. The topological polar surface area (TPSA) is 56.7 Å². The average Bonchev–Trinajstić information content (AvgIpc) is 2.49. The molecule has 1 aromatic carbocycles. The van der Waals surface area contributed by atoms with Crippen molar-refractivity contribution in [2.45, 2.75) is 20.3 Å². The van der Waals surface area contributed by atoms with Crippen LogP contribution in [0.4, 0.5) is 5.69 Å². The van der Waals surface area contributed by atoms with Crippen LogP contribution >= 0.6 is 23.8 Å². The van der Waals surface area contributed by atoms with Gasteiger partial charge < -0.3 is 15.5 Å². The second-order valence-electron chi connectivity index (χ2n) is 4.60. The lowest BCUT2D eigenvalue weighted by atomic mass is 10.2. The van der Waals surface area contributed by atoms with Crippen molar-refractivity contribution in [3.63, 3.8) is 0 Å². The van der Waals surface area contributed by atoms with Crippen molar-refractivity contribution >= 4 is 46.9 Å². The number of rotatable bonds is 3. The number of nitrogens with one attached hydrogen (secondary N) is 2. The number of halogens is 1. The zero-order valence-corrected chi connectivity index (χ0v) is 15.2. The van der Waals surface area contributed by atoms with E-state index in [0.29, 0.717) is 16.6 Å². The minimum absolute atomic E-state index is 0.0174. The van der Waals surface area contributed by atoms with Crippen LogP contribution in [0.5, 0.6) is 0 Å². The summed E-state index contributed by atoms with van der Waals surface area (Å²) in [6, 6.07) is 5.54. The number of anilines is 1. The van der Waals surface area contributed by atoms with E-state index in [1.165, 1.54) is 0 Å². The number of nitrogens with zero attached hydrogens (tertiary/aromatic N) is 2. The lowest BCUT2D eigenvalue weighted by Crippen LogP contribution is -2.16. The molecule has 0 aromatic heterocycles. The highest BCUT2D eigenvalue weighted by Crippen LogP contribution is 2.25. The molecule has 22 heavy (non-hydrogen) atoms. The third-order valence-corrected chi connectivity index (χ3v) is 3.05. The largest absolute Gasteiger partial charge is 0.369 e. The molecule has 122 valence electrons. The molecule has 0 heterocycles. The monoisotopic (exact) mass is 342 g/mol. The van der Waals surface area contributed by atoms with Gasteiger partial charge in [0.1, 0.15) is 0 Å². The van der Waals surface area contributed by atoms with Crippen LogP contribution in [-0.4, -0.2) is 43.4 Å². The van der Waals surface area contributed by atoms with Gasteiger partial charge in [0.25, 0.3) is 0 Å². The first-order valence-electron chi connectivity index (χ1n) is 6.79. The number of thiocarbonyl (C=S) groups is 1. The highest BCUT2D eigenvalue weighted by atomic mass is 35.5. The summed E-state index contributed by atoms with van der Waals surface area (Å²) in [5, 5.41) is 6.57. The Morgan fingerprint density at radius 3 is 2.55 bits per heavy atom. The van der Waals surface area contributed by atoms with Gasteiger partial charge in [-0.1, -0.05) is 30.7 Å². The van der Waals surface area contributed by atoms with Crippen LogP contribution in [0.3, 0.4) is 0 Å². The summed E-state index contributed by atoms with van der Waals surface area (Å²) < 4.78 is 0. The summed E-state index contributed by atoms with van der Waals surface area (Å²) in [5.41, 5.74) is 1.70. The number of para-hydroxylation sites is 1. The minimum Gasteiger partial charge on any atom is -0.369 e. The van der Waals surface area contributed by atoms with Crippen LogP contribution in [0.1, 0.15) is 18.9 Å². The molecule has 0 spiro atoms. The predicted molar refractivity (Wildman–Crippen MR) is 98.9 cm³/mol. The second kappa shape index (κ2) is 11.0. The van der Waals surface area contributed by atoms with Gasteiger partial charge >= 0.3 is 0 Å². The van der Waals surface area contributed by atoms with E-state index < -0.39 is 0 Å².